The minimum Gasteiger partial charge on any atom is -0.550 e. The maximum atomic E-state index is 6.40. The van der Waals surface area contributed by atoms with Gasteiger partial charge in [-0.05, 0) is 29.1 Å². The number of para-hydroxylation sites is 1. The van der Waals surface area contributed by atoms with E-state index >= 15 is 0 Å². The monoisotopic (exact) mass is 310 g/mol. The zero-order chi connectivity index (χ0) is 16.2. The third-order valence-corrected chi connectivity index (χ3v) is 3.93. The van der Waals surface area contributed by atoms with Gasteiger partial charge in [-0.15, -0.1) is 0 Å². The van der Waals surface area contributed by atoms with Crippen LogP contribution in [-0.2, 0) is 0 Å². The molecule has 0 radical (unpaired) electrons. The molecule has 0 aliphatic rings. The zero-order valence-electron chi connectivity index (χ0n) is 13.0. The van der Waals surface area contributed by atoms with Gasteiger partial charge in [-0.1, -0.05) is 54.6 Å². The Morgan fingerprint density at radius 3 is 2.33 bits per heavy atom. The van der Waals surface area contributed by atoms with E-state index in [9.17, 15) is 0 Å². The van der Waals surface area contributed by atoms with E-state index in [4.69, 9.17) is 4.65 Å². The molecule has 2 aromatic carbocycles. The van der Waals surface area contributed by atoms with Crippen molar-refractivity contribution in [1.29, 1.82) is 0 Å². The van der Waals surface area contributed by atoms with Crippen LogP contribution in [0, 0.1) is 0 Å². The second-order valence-corrected chi connectivity index (χ2v) is 5.53. The highest BCUT2D eigenvalue weighted by molar-refractivity contribution is 6.80. The summed E-state index contributed by atoms with van der Waals surface area (Å²) < 4.78 is 6.40. The molecule has 0 N–H and O–H groups in total. The van der Waals surface area contributed by atoms with Crippen LogP contribution in [0.1, 0.15) is 0 Å². The number of nitrogens with zero attached hydrogens (tertiary/aromatic N) is 2. The summed E-state index contributed by atoms with van der Waals surface area (Å²) in [5.74, 6) is 0.769. The van der Waals surface area contributed by atoms with Crippen LogP contribution in [0.25, 0.3) is 10.9 Å². The normalized spacial score (nSPS) is 10.5. The van der Waals surface area contributed by atoms with Crippen molar-refractivity contribution in [3.63, 3.8) is 0 Å². The van der Waals surface area contributed by atoms with Crippen LogP contribution in [0.2, 0.25) is 0 Å². The van der Waals surface area contributed by atoms with E-state index in [1.807, 2.05) is 66.9 Å². The SMILES string of the molecule is c1ccc(B(Oc2cccc3cccnc23)c2cccnc2)cc1. The van der Waals surface area contributed by atoms with Gasteiger partial charge in [0.05, 0.1) is 0 Å². The predicted octanol–water partition coefficient (Wildman–Crippen LogP) is 2.81. The van der Waals surface area contributed by atoms with Gasteiger partial charge >= 0.3 is 6.92 Å². The fourth-order valence-corrected chi connectivity index (χ4v) is 2.79. The van der Waals surface area contributed by atoms with Crippen LogP contribution in [-0.4, -0.2) is 16.9 Å². The second kappa shape index (κ2) is 6.55. The molecule has 3 nitrogen and oxygen atoms in total. The minimum atomic E-state index is -0.229. The van der Waals surface area contributed by atoms with E-state index in [0.717, 1.165) is 27.6 Å². The van der Waals surface area contributed by atoms with Crippen molar-refractivity contribution in [3.8, 4) is 5.75 Å². The summed E-state index contributed by atoms with van der Waals surface area (Å²) in [6, 6.07) is 24.1. The zero-order valence-corrected chi connectivity index (χ0v) is 13.0. The lowest BCUT2D eigenvalue weighted by Gasteiger charge is -2.17. The van der Waals surface area contributed by atoms with E-state index in [1.54, 1.807) is 12.4 Å². The Bertz CT molecular complexity index is 900. The molecule has 0 aliphatic heterocycles. The molecule has 0 unspecified atom stereocenters. The Kier molecular flexibility index (Phi) is 3.94. The average Bonchev–Trinajstić information content (AvgIpc) is 2.67. The molecule has 0 spiro atoms. The molecular weight excluding hydrogens is 295 g/mol. The smallest absolute Gasteiger partial charge is 0.428 e. The summed E-state index contributed by atoms with van der Waals surface area (Å²) in [7, 11) is 0. The number of hydrogen-bond donors (Lipinski definition) is 0. The third kappa shape index (κ3) is 2.86. The summed E-state index contributed by atoms with van der Waals surface area (Å²) in [6.45, 7) is -0.229. The van der Waals surface area contributed by atoms with E-state index in [2.05, 4.69) is 22.1 Å². The van der Waals surface area contributed by atoms with Crippen LogP contribution >= 0.6 is 0 Å². The first-order chi connectivity index (χ1) is 11.9. The van der Waals surface area contributed by atoms with Gasteiger partial charge in [0, 0.05) is 24.0 Å². The van der Waals surface area contributed by atoms with Crippen molar-refractivity contribution < 1.29 is 4.65 Å². The fraction of sp³-hybridized carbons (Fsp3) is 0. The van der Waals surface area contributed by atoms with Crippen molar-refractivity contribution in [2.75, 3.05) is 0 Å². The number of fused-ring (bicyclic) bond motifs is 1. The van der Waals surface area contributed by atoms with Crippen LogP contribution in [0.4, 0.5) is 0 Å². The van der Waals surface area contributed by atoms with Crippen molar-refractivity contribution in [2.45, 2.75) is 0 Å². The molecule has 0 fully saturated rings. The maximum absolute atomic E-state index is 6.40. The molecule has 114 valence electrons. The molecule has 2 aromatic heterocycles. The summed E-state index contributed by atoms with van der Waals surface area (Å²) >= 11 is 0. The Morgan fingerprint density at radius 1 is 0.708 bits per heavy atom. The fourth-order valence-electron chi connectivity index (χ4n) is 2.79. The topological polar surface area (TPSA) is 35.0 Å². The second-order valence-electron chi connectivity index (χ2n) is 5.53. The van der Waals surface area contributed by atoms with Gasteiger partial charge in [0.15, 0.2) is 0 Å². The van der Waals surface area contributed by atoms with Gasteiger partial charge in [0.1, 0.15) is 11.3 Å². The first kappa shape index (κ1) is 14.5. The number of aromatic nitrogens is 2. The van der Waals surface area contributed by atoms with Crippen LogP contribution in [0.15, 0.2) is 91.4 Å². The van der Waals surface area contributed by atoms with Crippen LogP contribution < -0.4 is 15.6 Å². The molecule has 4 aromatic rings. The van der Waals surface area contributed by atoms with Crippen molar-refractivity contribution in [3.05, 3.63) is 91.4 Å². The van der Waals surface area contributed by atoms with Gasteiger partial charge in [0.2, 0.25) is 0 Å². The lowest BCUT2D eigenvalue weighted by Crippen LogP contribution is -2.47. The Labute approximate surface area is 141 Å². The molecule has 0 bridgehead atoms. The Hall–Kier alpha value is -3.14. The van der Waals surface area contributed by atoms with E-state index in [-0.39, 0.29) is 6.92 Å². The quantitative estimate of drug-likeness (QED) is 0.544. The molecule has 2 heterocycles. The highest BCUT2D eigenvalue weighted by atomic mass is 16.4. The highest BCUT2D eigenvalue weighted by Crippen LogP contribution is 2.23. The van der Waals surface area contributed by atoms with Gasteiger partial charge in [0.25, 0.3) is 0 Å². The molecule has 0 amide bonds. The standard InChI is InChI=1S/C20H15BN2O/c1-2-9-17(10-3-1)21(18-11-6-13-22-15-18)24-19-12-4-7-16-8-5-14-23-20(16)19/h1-15H. The van der Waals surface area contributed by atoms with Gasteiger partial charge < -0.3 is 4.65 Å². The molecule has 0 saturated carbocycles. The highest BCUT2D eigenvalue weighted by Gasteiger charge is 2.24. The number of hydrogen-bond acceptors (Lipinski definition) is 3. The molecule has 0 aliphatic carbocycles. The van der Waals surface area contributed by atoms with Crippen molar-refractivity contribution in [2.24, 2.45) is 0 Å². The third-order valence-electron chi connectivity index (χ3n) is 3.93. The maximum Gasteiger partial charge on any atom is 0.428 e. The van der Waals surface area contributed by atoms with Gasteiger partial charge in [-0.2, -0.15) is 0 Å². The van der Waals surface area contributed by atoms with Crippen molar-refractivity contribution in [1.82, 2.24) is 9.97 Å². The largest absolute Gasteiger partial charge is 0.550 e. The van der Waals surface area contributed by atoms with Crippen molar-refractivity contribution >= 4 is 28.7 Å². The molecule has 24 heavy (non-hydrogen) atoms. The average molecular weight is 310 g/mol. The number of rotatable bonds is 4. The van der Waals surface area contributed by atoms with E-state index in [1.165, 1.54) is 0 Å². The first-order valence-corrected chi connectivity index (χ1v) is 7.87. The first-order valence-electron chi connectivity index (χ1n) is 7.87. The molecule has 0 atom stereocenters. The number of pyridine rings is 2. The summed E-state index contributed by atoms with van der Waals surface area (Å²) in [6.07, 6.45) is 5.40. The van der Waals surface area contributed by atoms with E-state index < -0.39 is 0 Å². The Balaban J connectivity index is 1.80. The molecule has 0 saturated heterocycles. The van der Waals surface area contributed by atoms with Crippen LogP contribution in [0.3, 0.4) is 0 Å². The summed E-state index contributed by atoms with van der Waals surface area (Å²) in [5, 5.41) is 1.06. The predicted molar refractivity (Wildman–Crippen MR) is 98.1 cm³/mol. The van der Waals surface area contributed by atoms with Gasteiger partial charge in [-0.3, -0.25) is 9.97 Å². The lowest BCUT2D eigenvalue weighted by atomic mass is 9.55. The van der Waals surface area contributed by atoms with Crippen LogP contribution in [0.5, 0.6) is 5.75 Å². The lowest BCUT2D eigenvalue weighted by molar-refractivity contribution is 0.597. The minimum absolute atomic E-state index is 0.229. The Morgan fingerprint density at radius 2 is 1.50 bits per heavy atom. The number of benzene rings is 2. The molecule has 4 rings (SSSR count). The summed E-state index contributed by atoms with van der Waals surface area (Å²) in [4.78, 5) is 8.72. The van der Waals surface area contributed by atoms with E-state index in [0.29, 0.717) is 0 Å². The molecule has 4 heteroatoms. The summed E-state index contributed by atoms with van der Waals surface area (Å²) in [5.41, 5.74) is 2.96. The van der Waals surface area contributed by atoms with Gasteiger partial charge in [-0.25, -0.2) is 0 Å². The molecular formula is C20H15BN2O.